The molecular weight excluding hydrogens is 1110 g/mol. The number of nitrogens with zero attached hydrogens (tertiary/aromatic N) is 16. The van der Waals surface area contributed by atoms with Gasteiger partial charge < -0.3 is 31.5 Å². The molecule has 21 nitrogen and oxygen atoms in total. The number of likely N-dealkylation sites (tertiary alicyclic amines) is 2. The average Bonchev–Trinajstić information content (AvgIpc) is 1.81. The second-order valence-corrected chi connectivity index (χ2v) is 24.6. The number of tetrazole rings is 2. The van der Waals surface area contributed by atoms with Gasteiger partial charge in [-0.25, -0.2) is 29.9 Å². The molecule has 3 fully saturated rings. The van der Waals surface area contributed by atoms with Gasteiger partial charge in [0, 0.05) is 84.2 Å². The van der Waals surface area contributed by atoms with E-state index in [2.05, 4.69) is 137 Å². The van der Waals surface area contributed by atoms with Crippen LogP contribution in [0, 0.1) is 0 Å². The molecule has 0 amide bonds. The van der Waals surface area contributed by atoms with Gasteiger partial charge in [0.2, 0.25) is 11.6 Å². The lowest BCUT2D eigenvalue weighted by atomic mass is 9.91. The van der Waals surface area contributed by atoms with Gasteiger partial charge in [0.15, 0.2) is 5.78 Å². The summed E-state index contributed by atoms with van der Waals surface area (Å²) < 4.78 is 0. The van der Waals surface area contributed by atoms with E-state index in [4.69, 9.17) is 15.7 Å². The highest BCUT2D eigenvalue weighted by molar-refractivity contribution is 5.96. The summed E-state index contributed by atoms with van der Waals surface area (Å²) >= 11 is 0. The largest absolute Gasteiger partial charge is 0.369 e. The van der Waals surface area contributed by atoms with Crippen LogP contribution >= 0.6 is 0 Å². The molecule has 4 aromatic carbocycles. The van der Waals surface area contributed by atoms with Crippen molar-refractivity contribution in [3.8, 4) is 56.2 Å². The summed E-state index contributed by atoms with van der Waals surface area (Å²) in [6.07, 6.45) is 21.0. The number of piperidine rings is 2. The zero-order valence-corrected chi connectivity index (χ0v) is 51.5. The van der Waals surface area contributed by atoms with Crippen molar-refractivity contribution < 1.29 is 4.79 Å². The first-order valence-electron chi connectivity index (χ1n) is 32.1. The number of anilines is 3. The van der Waals surface area contributed by atoms with Crippen molar-refractivity contribution in [1.29, 1.82) is 0 Å². The summed E-state index contributed by atoms with van der Waals surface area (Å²) in [6, 6.07) is 29.8. The summed E-state index contributed by atoms with van der Waals surface area (Å²) in [7, 11) is 3.55. The SMILES string of the molecule is CC(=O)c1ccc2c(c1)Cc1ncnc(NCCCN3CCCCC3)c1-2.Cn1nnc(-c2ccc3c(c2)Cc2nc(Cc4ccccc4)nc(NC4CCC(N)CC4)c2-3)n1.Cn1nnc(-c2ccc3c(c2)Cc2ncnc(NCCCN4CCCCC4)c2-3)n1. The number of ketones is 1. The average molecular weight is 1190 g/mol. The molecule has 9 aromatic rings. The summed E-state index contributed by atoms with van der Waals surface area (Å²) in [4.78, 5) is 47.8. The van der Waals surface area contributed by atoms with Crippen LogP contribution in [-0.4, -0.2) is 150 Å². The lowest BCUT2D eigenvalue weighted by Crippen LogP contribution is -2.33. The molecule has 5 N–H and O–H groups in total. The Labute approximate surface area is 520 Å². The van der Waals surface area contributed by atoms with Crippen molar-refractivity contribution in [3.05, 3.63) is 148 Å². The molecule has 2 aliphatic heterocycles. The number of hydrogen-bond donors (Lipinski definition) is 4. The van der Waals surface area contributed by atoms with E-state index < -0.39 is 0 Å². The molecule has 0 unspecified atom stereocenters. The van der Waals surface area contributed by atoms with Gasteiger partial charge in [0.25, 0.3) is 0 Å². The third kappa shape index (κ3) is 13.9. The molecule has 0 radical (unpaired) electrons. The lowest BCUT2D eigenvalue weighted by Gasteiger charge is -2.28. The first-order chi connectivity index (χ1) is 43.6. The Hall–Kier alpha value is -8.79. The maximum atomic E-state index is 11.6. The molecule has 1 saturated carbocycles. The highest BCUT2D eigenvalue weighted by atomic mass is 16.1. The highest BCUT2D eigenvalue weighted by Gasteiger charge is 2.30. The fourth-order valence-corrected chi connectivity index (χ4v) is 13.5. The number of benzene rings is 4. The fraction of sp³-hybridized carbons (Fsp3) is 0.426. The fourth-order valence-electron chi connectivity index (χ4n) is 13.5. The molecule has 21 heteroatoms. The van der Waals surface area contributed by atoms with Crippen molar-refractivity contribution in [1.82, 2.24) is 80.1 Å². The third-order valence-corrected chi connectivity index (χ3v) is 18.1. The van der Waals surface area contributed by atoms with Gasteiger partial charge in [-0.1, -0.05) is 79.6 Å². The summed E-state index contributed by atoms with van der Waals surface area (Å²) in [5.74, 6) is 5.04. The normalized spacial score (nSPS) is 17.2. The molecule has 15 rings (SSSR count). The maximum absolute atomic E-state index is 11.6. The Bertz CT molecular complexity index is 3940. The molecule has 0 atom stereocenters. The van der Waals surface area contributed by atoms with E-state index in [0.717, 1.165) is 163 Å². The van der Waals surface area contributed by atoms with Crippen molar-refractivity contribution in [2.75, 3.05) is 68.3 Å². The molecule has 7 heterocycles. The minimum Gasteiger partial charge on any atom is -0.369 e. The van der Waals surface area contributed by atoms with Crippen LogP contribution < -0.4 is 21.7 Å². The zero-order chi connectivity index (χ0) is 60.6. The predicted octanol–water partition coefficient (Wildman–Crippen LogP) is 9.58. The number of Topliss-reactive ketones (excluding diaryl/α,β-unsaturated/α-hetero) is 1. The van der Waals surface area contributed by atoms with Gasteiger partial charge in [0.1, 0.15) is 35.9 Å². The Morgan fingerprint density at radius 2 is 1.07 bits per heavy atom. The van der Waals surface area contributed by atoms with E-state index in [1.807, 2.05) is 24.3 Å². The van der Waals surface area contributed by atoms with Crippen LogP contribution in [0.4, 0.5) is 17.5 Å². The molecule has 0 bridgehead atoms. The number of hydrogen-bond acceptors (Lipinski definition) is 19. The molecule has 6 aliphatic rings. The van der Waals surface area contributed by atoms with Crippen molar-refractivity contribution >= 4 is 23.2 Å². The Kier molecular flexibility index (Phi) is 18.2. The van der Waals surface area contributed by atoms with Crippen LogP contribution in [0.25, 0.3) is 56.2 Å². The monoisotopic (exact) mass is 1190 g/mol. The van der Waals surface area contributed by atoms with Crippen LogP contribution in [0.15, 0.2) is 97.6 Å². The van der Waals surface area contributed by atoms with Crippen molar-refractivity contribution in [3.63, 3.8) is 0 Å². The number of rotatable bonds is 17. The van der Waals surface area contributed by atoms with Crippen LogP contribution in [0.3, 0.4) is 0 Å². The second kappa shape index (κ2) is 27.3. The van der Waals surface area contributed by atoms with E-state index in [9.17, 15) is 4.79 Å². The third-order valence-electron chi connectivity index (χ3n) is 18.1. The second-order valence-electron chi connectivity index (χ2n) is 24.6. The molecule has 5 aromatic heterocycles. The summed E-state index contributed by atoms with van der Waals surface area (Å²) in [5, 5.41) is 35.7. The van der Waals surface area contributed by atoms with Gasteiger partial charge in [-0.05, 0) is 178 Å². The molecule has 0 spiro atoms. The van der Waals surface area contributed by atoms with Crippen molar-refractivity contribution in [2.24, 2.45) is 19.8 Å². The topological polar surface area (TPSA) is 250 Å². The number of carbonyl (C=O) groups excluding carboxylic acids is 1. The summed E-state index contributed by atoms with van der Waals surface area (Å²) in [6.45, 7) is 10.8. The van der Waals surface area contributed by atoms with Gasteiger partial charge in [0.05, 0.1) is 31.2 Å². The van der Waals surface area contributed by atoms with Gasteiger partial charge >= 0.3 is 0 Å². The minimum atomic E-state index is 0.103. The molecule has 458 valence electrons. The van der Waals surface area contributed by atoms with Crippen molar-refractivity contribution in [2.45, 2.75) is 122 Å². The van der Waals surface area contributed by atoms with Gasteiger partial charge in [-0.15, -0.1) is 20.4 Å². The first kappa shape index (κ1) is 59.2. The maximum Gasteiger partial charge on any atom is 0.204 e. The van der Waals surface area contributed by atoms with Crippen LogP contribution in [0.5, 0.6) is 0 Å². The van der Waals surface area contributed by atoms with Crippen LogP contribution in [-0.2, 0) is 39.8 Å². The Balaban J connectivity index is 0.000000124. The Morgan fingerprint density at radius 1 is 0.562 bits per heavy atom. The van der Waals surface area contributed by atoms with E-state index in [1.54, 1.807) is 33.7 Å². The van der Waals surface area contributed by atoms with Gasteiger partial charge in [-0.3, -0.25) is 4.79 Å². The molecule has 89 heavy (non-hydrogen) atoms. The highest BCUT2D eigenvalue weighted by Crippen LogP contribution is 2.44. The number of carbonyl (C=O) groups is 1. The number of aryl methyl sites for hydroxylation is 2. The molecular formula is C68H80N20O. The standard InChI is InChI=1S/C26H28N8.C21H26N8.C21H26N4O/c1-34-32-25(31-33-34)17-7-12-21-18(14-17)15-22-24(21)26(28-20-10-8-19(27)9-11-20)30-23(29-22)13-16-5-3-2-4-6-16;1-28-26-20(25-27-28)15-6-7-17-16(12-15)13-18-19(17)21(24-14-23-18)22-8-5-11-29-9-3-2-4-10-29;1-15(26)16-6-7-18-17(12-16)13-19-20(18)21(24-14-23-19)22-8-5-11-25-9-3-2-4-10-25/h2-7,12,14,19-20H,8-11,13,15,27H2,1H3,(H,28,29,30);6-7,12,14H,2-5,8-11,13H2,1H3,(H,22,23,24);6-7,12,14H,2-5,8-11,13H2,1H3,(H,22,23,24). The first-order valence-corrected chi connectivity index (χ1v) is 32.1. The minimum absolute atomic E-state index is 0.103. The number of nitrogens with two attached hydrogens (primary N) is 1. The summed E-state index contributed by atoms with van der Waals surface area (Å²) in [5.41, 5.74) is 23.8. The number of aromatic nitrogens is 14. The predicted molar refractivity (Wildman–Crippen MR) is 346 cm³/mol. The van der Waals surface area contributed by atoms with E-state index >= 15 is 0 Å². The molecule has 4 aliphatic carbocycles. The van der Waals surface area contributed by atoms with E-state index in [0.29, 0.717) is 30.2 Å². The zero-order valence-electron chi connectivity index (χ0n) is 51.5. The number of fused-ring (bicyclic) bond motifs is 9. The van der Waals surface area contributed by atoms with Crippen LogP contribution in [0.1, 0.15) is 139 Å². The lowest BCUT2D eigenvalue weighted by molar-refractivity contribution is 0.101. The molecule has 2 saturated heterocycles. The smallest absolute Gasteiger partial charge is 0.204 e. The van der Waals surface area contributed by atoms with E-state index in [-0.39, 0.29) is 5.78 Å². The van der Waals surface area contributed by atoms with E-state index in [1.165, 1.54) is 108 Å². The van der Waals surface area contributed by atoms with Gasteiger partial charge in [-0.2, -0.15) is 9.59 Å². The Morgan fingerprint density at radius 3 is 1.58 bits per heavy atom. The van der Waals surface area contributed by atoms with Crippen LogP contribution in [0.2, 0.25) is 0 Å². The number of nitrogens with one attached hydrogen (secondary N) is 3. The quantitative estimate of drug-likeness (QED) is 0.0489.